The monoisotopic (exact) mass is 460 g/mol. The molecule has 1 amide bonds. The van der Waals surface area contributed by atoms with E-state index in [9.17, 15) is 23.3 Å². The Morgan fingerprint density at radius 2 is 1.75 bits per heavy atom. The summed E-state index contributed by atoms with van der Waals surface area (Å²) in [6.45, 7) is 3.07. The highest BCUT2D eigenvalue weighted by Crippen LogP contribution is 2.28. The number of hydrogen-bond acceptors (Lipinski definition) is 7. The molecule has 2 aliphatic heterocycles. The Kier molecular flexibility index (Phi) is 6.40. The molecule has 32 heavy (non-hydrogen) atoms. The molecule has 2 saturated heterocycles. The van der Waals surface area contributed by atoms with Crippen molar-refractivity contribution in [2.45, 2.75) is 17.7 Å². The minimum atomic E-state index is -3.63. The van der Waals surface area contributed by atoms with E-state index in [0.717, 1.165) is 12.8 Å². The van der Waals surface area contributed by atoms with Gasteiger partial charge in [0.25, 0.3) is 11.6 Å². The minimum absolute atomic E-state index is 0.102. The van der Waals surface area contributed by atoms with Gasteiger partial charge in [-0.15, -0.1) is 0 Å². The zero-order valence-corrected chi connectivity index (χ0v) is 18.2. The summed E-state index contributed by atoms with van der Waals surface area (Å²) in [6.07, 6.45) is 1.65. The van der Waals surface area contributed by atoms with E-state index in [0.29, 0.717) is 50.8 Å². The molecule has 10 nitrogen and oxygen atoms in total. The van der Waals surface area contributed by atoms with E-state index in [1.807, 2.05) is 4.90 Å². The first-order valence-corrected chi connectivity index (χ1v) is 11.8. The van der Waals surface area contributed by atoms with Gasteiger partial charge in [-0.05, 0) is 37.1 Å². The van der Waals surface area contributed by atoms with Gasteiger partial charge in [-0.3, -0.25) is 14.9 Å². The maximum absolute atomic E-state index is 13.1. The van der Waals surface area contributed by atoms with Crippen LogP contribution in [0.5, 0.6) is 0 Å². The van der Waals surface area contributed by atoms with Gasteiger partial charge in [0.05, 0.1) is 34.3 Å². The van der Waals surface area contributed by atoms with Crippen LogP contribution in [0.2, 0.25) is 0 Å². The molecule has 170 valence electrons. The predicted octanol–water partition coefficient (Wildman–Crippen LogP) is 2.47. The molecule has 2 aromatic rings. The molecular weight excluding hydrogens is 436 g/mol. The number of nitrogens with one attached hydrogen (secondary N) is 1. The van der Waals surface area contributed by atoms with Crippen LogP contribution in [-0.2, 0) is 14.8 Å². The Morgan fingerprint density at radius 1 is 1.03 bits per heavy atom. The Bertz CT molecular complexity index is 1120. The molecule has 4 rings (SSSR count). The van der Waals surface area contributed by atoms with Crippen LogP contribution >= 0.6 is 0 Å². The maximum atomic E-state index is 13.1. The average Bonchev–Trinajstić information content (AvgIpc) is 3.35. The van der Waals surface area contributed by atoms with E-state index < -0.39 is 20.9 Å². The van der Waals surface area contributed by atoms with E-state index >= 15 is 0 Å². The van der Waals surface area contributed by atoms with E-state index in [1.165, 1.54) is 28.6 Å². The number of nitro groups is 1. The lowest BCUT2D eigenvalue weighted by Gasteiger charge is -2.30. The zero-order valence-electron chi connectivity index (χ0n) is 17.4. The van der Waals surface area contributed by atoms with Gasteiger partial charge in [-0.2, -0.15) is 4.31 Å². The van der Waals surface area contributed by atoms with Crippen molar-refractivity contribution in [3.05, 3.63) is 58.1 Å². The van der Waals surface area contributed by atoms with Crippen LogP contribution in [0, 0.1) is 10.1 Å². The van der Waals surface area contributed by atoms with Crippen molar-refractivity contribution in [3.8, 4) is 0 Å². The van der Waals surface area contributed by atoms with Crippen molar-refractivity contribution in [3.63, 3.8) is 0 Å². The summed E-state index contributed by atoms with van der Waals surface area (Å²) >= 11 is 0. The van der Waals surface area contributed by atoms with Gasteiger partial charge < -0.3 is 15.0 Å². The van der Waals surface area contributed by atoms with Crippen LogP contribution in [0.4, 0.5) is 17.1 Å². The Balaban J connectivity index is 1.62. The summed E-state index contributed by atoms with van der Waals surface area (Å²) in [5.74, 6) is -0.550. The van der Waals surface area contributed by atoms with Crippen molar-refractivity contribution in [2.75, 3.05) is 49.6 Å². The molecular formula is C21H24N4O6S. The quantitative estimate of drug-likeness (QED) is 0.519. The molecule has 0 radical (unpaired) electrons. The van der Waals surface area contributed by atoms with Gasteiger partial charge in [0.15, 0.2) is 0 Å². The fourth-order valence-electron chi connectivity index (χ4n) is 3.91. The SMILES string of the molecule is O=C(Nc1cccc(S(=O)(=O)N2CCCC2)c1)c1cc([N+](=O)[O-])ccc1N1CCOCC1. The number of sulfonamides is 1. The summed E-state index contributed by atoms with van der Waals surface area (Å²) in [5.41, 5.74) is 0.818. The number of carbonyl (C=O) groups is 1. The average molecular weight is 461 g/mol. The van der Waals surface area contributed by atoms with Gasteiger partial charge in [0, 0.05) is 44.0 Å². The lowest BCUT2D eigenvalue weighted by Crippen LogP contribution is -2.37. The van der Waals surface area contributed by atoms with Crippen molar-refractivity contribution >= 4 is 33.0 Å². The van der Waals surface area contributed by atoms with Crippen molar-refractivity contribution in [1.82, 2.24) is 4.31 Å². The highest BCUT2D eigenvalue weighted by atomic mass is 32.2. The molecule has 11 heteroatoms. The van der Waals surface area contributed by atoms with Crippen LogP contribution in [-0.4, -0.2) is 62.9 Å². The third-order valence-electron chi connectivity index (χ3n) is 5.58. The second-order valence-electron chi connectivity index (χ2n) is 7.65. The standard InChI is InChI=1S/C21H24N4O6S/c26-21(19-15-17(25(27)28)6-7-20(19)23-10-12-31-13-11-23)22-16-4-3-5-18(14-16)32(29,30)24-8-1-2-9-24/h3-7,14-15H,1-2,8-13H2,(H,22,26). The molecule has 0 saturated carbocycles. The second-order valence-corrected chi connectivity index (χ2v) is 9.59. The highest BCUT2D eigenvalue weighted by molar-refractivity contribution is 7.89. The number of rotatable bonds is 6. The Morgan fingerprint density at radius 3 is 2.44 bits per heavy atom. The van der Waals surface area contributed by atoms with Crippen LogP contribution in [0.15, 0.2) is 47.4 Å². The molecule has 0 spiro atoms. The summed E-state index contributed by atoms with van der Waals surface area (Å²) in [6, 6.07) is 10.2. The maximum Gasteiger partial charge on any atom is 0.270 e. The number of amides is 1. The van der Waals surface area contributed by atoms with Gasteiger partial charge >= 0.3 is 0 Å². The van der Waals surface area contributed by atoms with E-state index in [2.05, 4.69) is 5.32 Å². The third kappa shape index (κ3) is 4.59. The normalized spacial score (nSPS) is 17.3. The number of nitro benzene ring substituents is 1. The molecule has 2 aliphatic rings. The van der Waals surface area contributed by atoms with Crippen molar-refractivity contribution in [1.29, 1.82) is 0 Å². The van der Waals surface area contributed by atoms with Gasteiger partial charge in [-0.1, -0.05) is 6.07 Å². The third-order valence-corrected chi connectivity index (χ3v) is 7.48. The summed E-state index contributed by atoms with van der Waals surface area (Å²) < 4.78 is 32.5. The van der Waals surface area contributed by atoms with E-state index in [4.69, 9.17) is 4.74 Å². The number of carbonyl (C=O) groups excluding carboxylic acids is 1. The molecule has 0 unspecified atom stereocenters. The smallest absolute Gasteiger partial charge is 0.270 e. The van der Waals surface area contributed by atoms with Crippen LogP contribution in [0.25, 0.3) is 0 Å². The van der Waals surface area contributed by atoms with Crippen molar-refractivity contribution in [2.24, 2.45) is 0 Å². The summed E-state index contributed by atoms with van der Waals surface area (Å²) in [7, 11) is -3.63. The number of nitrogens with zero attached hydrogens (tertiary/aromatic N) is 3. The van der Waals surface area contributed by atoms with Crippen LogP contribution in [0.3, 0.4) is 0 Å². The highest BCUT2D eigenvalue weighted by Gasteiger charge is 2.28. The second kappa shape index (κ2) is 9.23. The largest absolute Gasteiger partial charge is 0.378 e. The fourth-order valence-corrected chi connectivity index (χ4v) is 5.47. The van der Waals surface area contributed by atoms with Crippen LogP contribution in [0.1, 0.15) is 23.2 Å². The molecule has 0 aliphatic carbocycles. The van der Waals surface area contributed by atoms with Crippen LogP contribution < -0.4 is 10.2 Å². The number of non-ortho nitro benzene ring substituents is 1. The molecule has 0 bridgehead atoms. The minimum Gasteiger partial charge on any atom is -0.378 e. The van der Waals surface area contributed by atoms with E-state index in [1.54, 1.807) is 18.2 Å². The first-order chi connectivity index (χ1) is 15.4. The number of benzene rings is 2. The van der Waals surface area contributed by atoms with E-state index in [-0.39, 0.29) is 16.1 Å². The lowest BCUT2D eigenvalue weighted by molar-refractivity contribution is -0.384. The molecule has 2 aromatic carbocycles. The first-order valence-electron chi connectivity index (χ1n) is 10.4. The molecule has 0 atom stereocenters. The Labute approximate surface area is 186 Å². The topological polar surface area (TPSA) is 122 Å². The molecule has 2 fully saturated rings. The number of anilines is 2. The van der Waals surface area contributed by atoms with Gasteiger partial charge in [0.2, 0.25) is 10.0 Å². The number of hydrogen-bond donors (Lipinski definition) is 1. The molecule has 0 aromatic heterocycles. The number of ether oxygens (including phenoxy) is 1. The Hall–Kier alpha value is -3.02. The number of morpholine rings is 1. The van der Waals surface area contributed by atoms with Crippen molar-refractivity contribution < 1.29 is 22.9 Å². The molecule has 1 N–H and O–H groups in total. The summed E-state index contributed by atoms with van der Waals surface area (Å²) in [5, 5.41) is 14.0. The first kappa shape index (κ1) is 22.2. The zero-order chi connectivity index (χ0) is 22.7. The van der Waals surface area contributed by atoms with Gasteiger partial charge in [0.1, 0.15) is 0 Å². The lowest BCUT2D eigenvalue weighted by atomic mass is 10.1. The predicted molar refractivity (Wildman–Crippen MR) is 119 cm³/mol. The molecule has 2 heterocycles. The fraction of sp³-hybridized carbons (Fsp3) is 0.381. The summed E-state index contributed by atoms with van der Waals surface area (Å²) in [4.78, 5) is 25.9. The van der Waals surface area contributed by atoms with Gasteiger partial charge in [-0.25, -0.2) is 8.42 Å².